The third-order valence-corrected chi connectivity index (χ3v) is 4.26. The Balaban J connectivity index is 2.20. The Kier molecular flexibility index (Phi) is 3.93. The Morgan fingerprint density at radius 1 is 1.56 bits per heavy atom. The van der Waals surface area contributed by atoms with Crippen molar-refractivity contribution in [3.8, 4) is 0 Å². The van der Waals surface area contributed by atoms with E-state index in [2.05, 4.69) is 9.97 Å². The molecule has 2 aromatic heterocycles. The van der Waals surface area contributed by atoms with Gasteiger partial charge in [-0.25, -0.2) is 14.8 Å². The molecule has 0 aliphatic carbocycles. The van der Waals surface area contributed by atoms with Crippen molar-refractivity contribution >= 4 is 33.8 Å². The van der Waals surface area contributed by atoms with Gasteiger partial charge in [-0.05, 0) is 6.42 Å². The van der Waals surface area contributed by atoms with Crippen LogP contribution in [0.4, 0.5) is 5.13 Å². The summed E-state index contributed by atoms with van der Waals surface area (Å²) < 4.78 is 0. The molecule has 2 aromatic rings. The topological polar surface area (TPSA) is 66.3 Å². The number of hydrogen-bond donors (Lipinski definition) is 1. The summed E-state index contributed by atoms with van der Waals surface area (Å²) >= 11 is 2.76. The van der Waals surface area contributed by atoms with E-state index in [1.165, 1.54) is 11.3 Å². The van der Waals surface area contributed by atoms with Crippen LogP contribution in [0.2, 0.25) is 0 Å². The van der Waals surface area contributed by atoms with Gasteiger partial charge in [-0.3, -0.25) is 0 Å². The maximum absolute atomic E-state index is 11.1. The van der Waals surface area contributed by atoms with Crippen LogP contribution in [0, 0.1) is 0 Å². The second kappa shape index (κ2) is 5.45. The third kappa shape index (κ3) is 2.68. The van der Waals surface area contributed by atoms with E-state index in [0.717, 1.165) is 10.8 Å². The first-order chi connectivity index (χ1) is 8.61. The summed E-state index contributed by atoms with van der Waals surface area (Å²) in [5.74, 6) is -0.905. The molecule has 0 aliphatic rings. The number of carbonyl (C=O) groups is 1. The highest BCUT2D eigenvalue weighted by molar-refractivity contribution is 7.17. The van der Waals surface area contributed by atoms with Gasteiger partial charge in [0.2, 0.25) is 0 Å². The number of carboxylic acid groups (broad SMARTS) is 1. The number of carboxylic acids is 1. The monoisotopic (exact) mass is 283 g/mol. The Morgan fingerprint density at radius 3 is 2.83 bits per heavy atom. The molecule has 0 atom stereocenters. The fourth-order valence-electron chi connectivity index (χ4n) is 1.54. The van der Waals surface area contributed by atoms with Gasteiger partial charge < -0.3 is 10.0 Å². The van der Waals surface area contributed by atoms with Gasteiger partial charge in [0.15, 0.2) is 5.13 Å². The van der Waals surface area contributed by atoms with E-state index in [1.54, 1.807) is 16.8 Å². The molecule has 0 aliphatic heterocycles. The van der Waals surface area contributed by atoms with Crippen molar-refractivity contribution in [2.75, 3.05) is 11.9 Å². The first kappa shape index (κ1) is 13.0. The minimum absolute atomic E-state index is 0.331. The van der Waals surface area contributed by atoms with Crippen molar-refractivity contribution in [1.29, 1.82) is 0 Å². The average molecular weight is 283 g/mol. The van der Waals surface area contributed by atoms with Gasteiger partial charge in [0, 0.05) is 12.4 Å². The van der Waals surface area contributed by atoms with Crippen molar-refractivity contribution in [3.05, 3.63) is 27.2 Å². The van der Waals surface area contributed by atoms with E-state index in [9.17, 15) is 4.79 Å². The number of rotatable bonds is 5. The molecule has 2 rings (SSSR count). The van der Waals surface area contributed by atoms with Crippen LogP contribution in [0.25, 0.3) is 0 Å². The summed E-state index contributed by atoms with van der Waals surface area (Å²) in [5, 5.41) is 11.8. The molecule has 18 heavy (non-hydrogen) atoms. The molecule has 0 amide bonds. The number of aromatic carboxylic acids is 1. The molecule has 0 saturated carbocycles. The first-order valence-corrected chi connectivity index (χ1v) is 7.19. The molecule has 0 radical (unpaired) electrons. The summed E-state index contributed by atoms with van der Waals surface area (Å²) in [6.07, 6.45) is 0.628. The van der Waals surface area contributed by atoms with Gasteiger partial charge >= 0.3 is 5.97 Å². The molecular weight excluding hydrogens is 270 g/mol. The fourth-order valence-corrected chi connectivity index (χ4v) is 3.04. The number of nitrogens with zero attached hydrogens (tertiary/aromatic N) is 3. The highest BCUT2D eigenvalue weighted by Gasteiger charge is 2.18. The summed E-state index contributed by atoms with van der Waals surface area (Å²) in [5.41, 5.74) is 3.39. The fraction of sp³-hybridized carbons (Fsp3) is 0.364. The molecule has 1 N–H and O–H groups in total. The summed E-state index contributed by atoms with van der Waals surface area (Å²) in [6.45, 7) is 2.55. The lowest BCUT2D eigenvalue weighted by Gasteiger charge is -2.13. The van der Waals surface area contributed by atoms with Crippen molar-refractivity contribution in [1.82, 2.24) is 9.97 Å². The number of anilines is 1. The maximum atomic E-state index is 11.1. The zero-order chi connectivity index (χ0) is 13.1. The van der Waals surface area contributed by atoms with Crippen LogP contribution in [-0.2, 0) is 13.0 Å². The standard InChI is InChI=1S/C11H13N3O2S2/c1-3-8-9(10(15)16)18-11(13-8)14(2)4-7-5-17-6-12-7/h5-6H,3-4H2,1-2H3,(H,15,16). The zero-order valence-corrected chi connectivity index (χ0v) is 11.7. The molecular formula is C11H13N3O2S2. The van der Waals surface area contributed by atoms with Gasteiger partial charge in [-0.15, -0.1) is 11.3 Å². The first-order valence-electron chi connectivity index (χ1n) is 5.43. The lowest BCUT2D eigenvalue weighted by atomic mass is 10.3. The average Bonchev–Trinajstić information content (AvgIpc) is 2.96. The van der Waals surface area contributed by atoms with Crippen LogP contribution in [-0.4, -0.2) is 28.1 Å². The van der Waals surface area contributed by atoms with Gasteiger partial charge in [0.25, 0.3) is 0 Å². The van der Waals surface area contributed by atoms with E-state index < -0.39 is 5.97 Å². The van der Waals surface area contributed by atoms with E-state index in [0.29, 0.717) is 23.5 Å². The number of aromatic nitrogens is 2. The molecule has 2 heterocycles. The molecule has 0 spiro atoms. The predicted octanol–water partition coefficient (Wildman–Crippen LogP) is 2.50. The Hall–Kier alpha value is -1.47. The van der Waals surface area contributed by atoms with E-state index in [1.807, 2.05) is 24.3 Å². The largest absolute Gasteiger partial charge is 0.477 e. The molecule has 0 unspecified atom stereocenters. The minimum Gasteiger partial charge on any atom is -0.477 e. The van der Waals surface area contributed by atoms with Crippen LogP contribution in [0.3, 0.4) is 0 Å². The Labute approximate surface area is 113 Å². The Bertz CT molecular complexity index is 536. The Morgan fingerprint density at radius 2 is 2.33 bits per heavy atom. The van der Waals surface area contributed by atoms with Crippen LogP contribution < -0.4 is 4.90 Å². The summed E-state index contributed by atoms with van der Waals surface area (Å²) in [7, 11) is 1.89. The smallest absolute Gasteiger partial charge is 0.347 e. The van der Waals surface area contributed by atoms with E-state index in [4.69, 9.17) is 5.11 Å². The van der Waals surface area contributed by atoms with E-state index >= 15 is 0 Å². The van der Waals surface area contributed by atoms with Crippen LogP contribution in [0.5, 0.6) is 0 Å². The van der Waals surface area contributed by atoms with Crippen LogP contribution in [0.1, 0.15) is 28.0 Å². The molecule has 96 valence electrons. The summed E-state index contributed by atoms with van der Waals surface area (Å²) in [6, 6.07) is 0. The maximum Gasteiger partial charge on any atom is 0.347 e. The number of thiazole rings is 2. The molecule has 0 aromatic carbocycles. The van der Waals surface area contributed by atoms with Gasteiger partial charge in [-0.2, -0.15) is 0 Å². The van der Waals surface area contributed by atoms with Gasteiger partial charge in [0.1, 0.15) is 4.88 Å². The molecule has 7 heteroatoms. The highest BCUT2D eigenvalue weighted by atomic mass is 32.1. The quantitative estimate of drug-likeness (QED) is 0.913. The predicted molar refractivity (Wildman–Crippen MR) is 72.7 cm³/mol. The van der Waals surface area contributed by atoms with Crippen molar-refractivity contribution in [3.63, 3.8) is 0 Å². The van der Waals surface area contributed by atoms with Crippen LogP contribution >= 0.6 is 22.7 Å². The lowest BCUT2D eigenvalue weighted by molar-refractivity contribution is 0.0701. The zero-order valence-electron chi connectivity index (χ0n) is 10.1. The number of aryl methyl sites for hydroxylation is 1. The number of hydrogen-bond acceptors (Lipinski definition) is 6. The molecule has 0 fully saturated rings. The van der Waals surface area contributed by atoms with E-state index in [-0.39, 0.29) is 0 Å². The van der Waals surface area contributed by atoms with Crippen LogP contribution in [0.15, 0.2) is 10.9 Å². The minimum atomic E-state index is -0.905. The van der Waals surface area contributed by atoms with Crippen molar-refractivity contribution < 1.29 is 9.90 Å². The molecule has 0 saturated heterocycles. The van der Waals surface area contributed by atoms with Crippen molar-refractivity contribution in [2.45, 2.75) is 19.9 Å². The van der Waals surface area contributed by atoms with Gasteiger partial charge in [0.05, 0.1) is 23.4 Å². The van der Waals surface area contributed by atoms with Crippen molar-refractivity contribution in [2.24, 2.45) is 0 Å². The molecule has 5 nitrogen and oxygen atoms in total. The van der Waals surface area contributed by atoms with Gasteiger partial charge in [-0.1, -0.05) is 18.3 Å². The normalized spacial score (nSPS) is 10.6. The summed E-state index contributed by atoms with van der Waals surface area (Å²) in [4.78, 5) is 21.9. The molecule has 0 bridgehead atoms. The second-order valence-corrected chi connectivity index (χ2v) is 5.46. The SMILES string of the molecule is CCc1nc(N(C)Cc2cscn2)sc1C(=O)O. The highest BCUT2D eigenvalue weighted by Crippen LogP contribution is 2.27. The third-order valence-electron chi connectivity index (χ3n) is 2.42. The lowest BCUT2D eigenvalue weighted by Crippen LogP contribution is -2.16. The second-order valence-electron chi connectivity index (χ2n) is 3.77.